The van der Waals surface area contributed by atoms with E-state index >= 15 is 0 Å². The maximum absolute atomic E-state index is 11.2. The smallest absolute Gasteiger partial charge is 0.328 e. The fraction of sp³-hybridized carbons (Fsp3) is 0.667. The van der Waals surface area contributed by atoms with Crippen LogP contribution in [0.4, 0.5) is 0 Å². The lowest BCUT2D eigenvalue weighted by Crippen LogP contribution is -2.25. The predicted octanol–water partition coefficient (Wildman–Crippen LogP) is 2.14. The fourth-order valence-corrected chi connectivity index (χ4v) is 2.61. The van der Waals surface area contributed by atoms with Gasteiger partial charge >= 0.3 is 5.97 Å². The minimum Gasteiger partial charge on any atom is -0.347 e. The first-order valence-electron chi connectivity index (χ1n) is 4.25. The van der Waals surface area contributed by atoms with E-state index in [1.165, 1.54) is 0 Å². The van der Waals surface area contributed by atoms with Gasteiger partial charge in [-0.1, -0.05) is 19.1 Å². The van der Waals surface area contributed by atoms with Gasteiger partial charge in [0.15, 0.2) is 0 Å². The Morgan fingerprint density at radius 2 is 2.17 bits per heavy atom. The largest absolute Gasteiger partial charge is 0.347 e. The third kappa shape index (κ3) is 0.977. The van der Waals surface area contributed by atoms with E-state index in [1.807, 2.05) is 0 Å². The Morgan fingerprint density at radius 1 is 1.50 bits per heavy atom. The second-order valence-electron chi connectivity index (χ2n) is 3.73. The molecule has 2 aliphatic rings. The zero-order valence-electron chi connectivity index (χ0n) is 6.87. The predicted molar refractivity (Wildman–Crippen MR) is 45.3 cm³/mol. The summed E-state index contributed by atoms with van der Waals surface area (Å²) < 4.78 is 4.26. The zero-order valence-corrected chi connectivity index (χ0v) is 7.62. The molecular weight excluding hydrogens is 176 g/mol. The molecule has 1 fully saturated rings. The van der Waals surface area contributed by atoms with Crippen molar-refractivity contribution in [2.24, 2.45) is 23.7 Å². The summed E-state index contributed by atoms with van der Waals surface area (Å²) in [6.45, 7) is 2.09. The van der Waals surface area contributed by atoms with Gasteiger partial charge in [-0.2, -0.15) is 0 Å². The molecule has 0 N–H and O–H groups in total. The Bertz CT molecular complexity index is 237. The van der Waals surface area contributed by atoms with Crippen molar-refractivity contribution in [1.29, 1.82) is 0 Å². The van der Waals surface area contributed by atoms with Crippen LogP contribution in [-0.2, 0) is 9.08 Å². The van der Waals surface area contributed by atoms with Crippen LogP contribution < -0.4 is 0 Å². The Labute approximate surface area is 76.7 Å². The normalized spacial score (nSPS) is 43.5. The molecule has 0 amide bonds. The first kappa shape index (κ1) is 8.11. The zero-order chi connectivity index (χ0) is 8.72. The molecule has 2 rings (SSSR count). The Balaban J connectivity index is 2.18. The highest BCUT2D eigenvalue weighted by molar-refractivity contribution is 6.13. The molecule has 2 bridgehead atoms. The molecule has 0 spiro atoms. The molecule has 66 valence electrons. The quantitative estimate of drug-likeness (QED) is 0.587. The monoisotopic (exact) mass is 186 g/mol. The summed E-state index contributed by atoms with van der Waals surface area (Å²) in [5, 5.41) is 0. The van der Waals surface area contributed by atoms with Gasteiger partial charge in [0.1, 0.15) is 11.9 Å². The van der Waals surface area contributed by atoms with Crippen molar-refractivity contribution in [3.8, 4) is 0 Å². The number of hydrogen-bond donors (Lipinski definition) is 0. The number of hydrogen-bond acceptors (Lipinski definition) is 2. The second kappa shape index (κ2) is 2.77. The van der Waals surface area contributed by atoms with Crippen LogP contribution in [0.1, 0.15) is 13.3 Å². The van der Waals surface area contributed by atoms with Gasteiger partial charge in [-0.05, 0) is 24.2 Å². The Morgan fingerprint density at radius 3 is 2.67 bits per heavy atom. The van der Waals surface area contributed by atoms with Gasteiger partial charge in [0, 0.05) is 0 Å². The molecule has 2 aliphatic carbocycles. The van der Waals surface area contributed by atoms with Crippen LogP contribution in [0.2, 0.25) is 0 Å². The van der Waals surface area contributed by atoms with Crippen LogP contribution in [0.3, 0.4) is 0 Å². The Hall–Kier alpha value is -0.500. The van der Waals surface area contributed by atoms with Crippen LogP contribution in [0, 0.1) is 23.7 Å². The third-order valence-corrected chi connectivity index (χ3v) is 3.35. The van der Waals surface area contributed by atoms with Crippen LogP contribution in [-0.4, -0.2) is 5.97 Å². The van der Waals surface area contributed by atoms with Gasteiger partial charge in [0.2, 0.25) is 0 Å². The molecule has 12 heavy (non-hydrogen) atoms. The van der Waals surface area contributed by atoms with Gasteiger partial charge in [-0.15, -0.1) is 0 Å². The minimum atomic E-state index is -0.263. The number of fused-ring (bicyclic) bond motifs is 2. The summed E-state index contributed by atoms with van der Waals surface area (Å²) in [5.74, 6) is 1.07. The van der Waals surface area contributed by atoms with Crippen LogP contribution >= 0.6 is 11.9 Å². The van der Waals surface area contributed by atoms with Crippen LogP contribution in [0.5, 0.6) is 0 Å². The van der Waals surface area contributed by atoms with E-state index < -0.39 is 0 Å². The molecule has 0 unspecified atom stereocenters. The van der Waals surface area contributed by atoms with E-state index in [4.69, 9.17) is 11.9 Å². The number of allylic oxidation sites excluding steroid dienone is 2. The van der Waals surface area contributed by atoms with Crippen molar-refractivity contribution < 1.29 is 9.08 Å². The SMILES string of the molecule is C[C@H]1[C@@H](C(=O)OCl)[C@@H]2C=C[C@H]1C2. The molecule has 0 aliphatic heterocycles. The first-order valence-corrected chi connectivity index (χ1v) is 4.55. The highest BCUT2D eigenvalue weighted by atomic mass is 35.5. The van der Waals surface area contributed by atoms with E-state index in [9.17, 15) is 4.79 Å². The first-order chi connectivity index (χ1) is 5.74. The van der Waals surface area contributed by atoms with Crippen molar-refractivity contribution >= 4 is 17.8 Å². The van der Waals surface area contributed by atoms with Crippen LogP contribution in [0.15, 0.2) is 12.2 Å². The maximum atomic E-state index is 11.2. The molecule has 0 heterocycles. The molecule has 2 nitrogen and oxygen atoms in total. The van der Waals surface area contributed by atoms with E-state index in [0.29, 0.717) is 17.8 Å². The molecular formula is C9H11ClO2. The van der Waals surface area contributed by atoms with Crippen molar-refractivity contribution in [2.75, 3.05) is 0 Å². The number of rotatable bonds is 1. The molecule has 1 saturated carbocycles. The molecule has 0 saturated heterocycles. The summed E-state index contributed by atoms with van der Waals surface area (Å²) in [6.07, 6.45) is 5.41. The lowest BCUT2D eigenvalue weighted by Gasteiger charge is -2.20. The topological polar surface area (TPSA) is 26.3 Å². The van der Waals surface area contributed by atoms with Gasteiger partial charge in [-0.3, -0.25) is 4.79 Å². The summed E-state index contributed by atoms with van der Waals surface area (Å²) >= 11 is 5.06. The average Bonchev–Trinajstić information content (AvgIpc) is 2.63. The molecule has 0 aromatic carbocycles. The van der Waals surface area contributed by atoms with Gasteiger partial charge < -0.3 is 4.29 Å². The van der Waals surface area contributed by atoms with Crippen molar-refractivity contribution in [3.63, 3.8) is 0 Å². The van der Waals surface area contributed by atoms with Gasteiger partial charge in [-0.25, -0.2) is 0 Å². The molecule has 0 aromatic rings. The highest BCUT2D eigenvalue weighted by Crippen LogP contribution is 2.48. The van der Waals surface area contributed by atoms with E-state index in [1.54, 1.807) is 0 Å². The van der Waals surface area contributed by atoms with Gasteiger partial charge in [0.05, 0.1) is 5.92 Å². The standard InChI is InChI=1S/C9H11ClO2/c1-5-6-2-3-7(4-6)8(5)9(11)12-10/h2-3,5-8H,4H2,1H3/t5-,6+,7-,8-/m1/s1. The molecule has 4 atom stereocenters. The summed E-state index contributed by atoms with van der Waals surface area (Å²) in [7, 11) is 0. The van der Waals surface area contributed by atoms with Crippen molar-refractivity contribution in [2.45, 2.75) is 13.3 Å². The van der Waals surface area contributed by atoms with Crippen molar-refractivity contribution in [1.82, 2.24) is 0 Å². The second-order valence-corrected chi connectivity index (χ2v) is 3.88. The van der Waals surface area contributed by atoms with Crippen molar-refractivity contribution in [3.05, 3.63) is 12.2 Å². The lowest BCUT2D eigenvalue weighted by molar-refractivity contribution is -0.140. The number of carbonyl (C=O) groups is 1. The van der Waals surface area contributed by atoms with Crippen LogP contribution in [0.25, 0.3) is 0 Å². The lowest BCUT2D eigenvalue weighted by atomic mass is 9.85. The van der Waals surface area contributed by atoms with E-state index in [0.717, 1.165) is 6.42 Å². The summed E-state index contributed by atoms with van der Waals surface area (Å²) in [5.41, 5.74) is 0. The van der Waals surface area contributed by atoms with E-state index in [2.05, 4.69) is 23.4 Å². The molecule has 0 aromatic heterocycles. The Kier molecular flexibility index (Phi) is 1.87. The number of halogens is 1. The highest BCUT2D eigenvalue weighted by Gasteiger charge is 2.46. The summed E-state index contributed by atoms with van der Waals surface area (Å²) in [4.78, 5) is 11.2. The third-order valence-electron chi connectivity index (χ3n) is 3.20. The average molecular weight is 187 g/mol. The van der Waals surface area contributed by atoms with Gasteiger partial charge in [0.25, 0.3) is 0 Å². The molecule has 0 radical (unpaired) electrons. The number of carbonyl (C=O) groups excluding carboxylic acids is 1. The summed E-state index contributed by atoms with van der Waals surface area (Å²) in [6, 6.07) is 0. The fourth-order valence-electron chi connectivity index (χ4n) is 2.51. The van der Waals surface area contributed by atoms with E-state index in [-0.39, 0.29) is 11.9 Å². The maximum Gasteiger partial charge on any atom is 0.328 e. The molecule has 3 heteroatoms. The minimum absolute atomic E-state index is 0.00231.